The molecule has 1 amide bonds. The van der Waals surface area contributed by atoms with Gasteiger partial charge in [-0.3, -0.25) is 9.59 Å². The number of fused-ring (bicyclic) bond motifs is 1. The number of para-hydroxylation sites is 1. The molecule has 0 radical (unpaired) electrons. The zero-order valence-corrected chi connectivity index (χ0v) is 20.4. The van der Waals surface area contributed by atoms with Crippen molar-refractivity contribution in [2.24, 2.45) is 0 Å². The van der Waals surface area contributed by atoms with Crippen LogP contribution in [-0.4, -0.2) is 46.8 Å². The number of hydrogen-bond donors (Lipinski definition) is 0. The number of aromatic nitrogens is 2. The van der Waals surface area contributed by atoms with Crippen LogP contribution >= 0.6 is 0 Å². The smallest absolute Gasteiger partial charge is 0.275 e. The number of hydrogen-bond acceptors (Lipinski definition) is 4. The second-order valence-electron chi connectivity index (χ2n) is 9.29. The van der Waals surface area contributed by atoms with Crippen LogP contribution in [0.15, 0.2) is 77.6 Å². The van der Waals surface area contributed by atoms with Gasteiger partial charge in [-0.2, -0.15) is 5.10 Å². The van der Waals surface area contributed by atoms with Crippen molar-refractivity contribution in [3.05, 3.63) is 94.3 Å². The van der Waals surface area contributed by atoms with Gasteiger partial charge in [0.1, 0.15) is 6.04 Å². The highest BCUT2D eigenvalue weighted by Crippen LogP contribution is 2.29. The maximum absolute atomic E-state index is 13.5. The van der Waals surface area contributed by atoms with E-state index in [1.165, 1.54) is 10.4 Å². The van der Waals surface area contributed by atoms with Crippen molar-refractivity contribution in [2.75, 3.05) is 31.1 Å². The van der Waals surface area contributed by atoms with Crippen molar-refractivity contribution >= 4 is 22.4 Å². The van der Waals surface area contributed by atoms with E-state index in [2.05, 4.69) is 35.2 Å². The number of carbonyl (C=O) groups is 1. The van der Waals surface area contributed by atoms with Gasteiger partial charge < -0.3 is 9.80 Å². The molecule has 35 heavy (non-hydrogen) atoms. The largest absolute Gasteiger partial charge is 0.368 e. The highest BCUT2D eigenvalue weighted by atomic mass is 16.2. The Morgan fingerprint density at radius 1 is 0.857 bits per heavy atom. The first kappa shape index (κ1) is 22.8. The van der Waals surface area contributed by atoms with Gasteiger partial charge in [0.25, 0.3) is 5.56 Å². The Labute approximate surface area is 205 Å². The predicted octanol–water partition coefficient (Wildman–Crippen LogP) is 4.59. The Kier molecular flexibility index (Phi) is 6.12. The number of anilines is 1. The molecule has 1 atom stereocenters. The van der Waals surface area contributed by atoms with E-state index in [4.69, 9.17) is 5.10 Å². The topological polar surface area (TPSA) is 58.4 Å². The van der Waals surface area contributed by atoms with Gasteiger partial charge >= 0.3 is 0 Å². The Hall–Kier alpha value is -3.93. The normalized spacial score (nSPS) is 14.8. The van der Waals surface area contributed by atoms with Gasteiger partial charge in [0.2, 0.25) is 5.91 Å². The van der Waals surface area contributed by atoms with Crippen molar-refractivity contribution in [1.82, 2.24) is 14.7 Å². The molecule has 178 valence electrons. The molecular weight excluding hydrogens is 436 g/mol. The minimum atomic E-state index is -0.695. The summed E-state index contributed by atoms with van der Waals surface area (Å²) in [6.45, 7) is 8.62. The van der Waals surface area contributed by atoms with Crippen molar-refractivity contribution in [3.8, 4) is 11.3 Å². The molecule has 3 aromatic carbocycles. The zero-order chi connectivity index (χ0) is 24.5. The highest BCUT2D eigenvalue weighted by molar-refractivity contribution is 5.94. The zero-order valence-electron chi connectivity index (χ0n) is 20.4. The summed E-state index contributed by atoms with van der Waals surface area (Å²) < 4.78 is 1.38. The van der Waals surface area contributed by atoms with Gasteiger partial charge in [0, 0.05) is 42.8 Å². The van der Waals surface area contributed by atoms with Crippen LogP contribution in [0, 0.1) is 13.8 Å². The average Bonchev–Trinajstić information content (AvgIpc) is 2.90. The average molecular weight is 467 g/mol. The van der Waals surface area contributed by atoms with Crippen LogP contribution in [0.3, 0.4) is 0 Å². The maximum atomic E-state index is 13.5. The minimum Gasteiger partial charge on any atom is -0.368 e. The van der Waals surface area contributed by atoms with Crippen LogP contribution in [-0.2, 0) is 4.79 Å². The molecule has 0 unspecified atom stereocenters. The van der Waals surface area contributed by atoms with Gasteiger partial charge in [-0.05, 0) is 50.6 Å². The SMILES string of the molecule is Cc1ccc(C)c(-c2nn([C@@H](C)C(=O)N3CCN(c4ccccc4)CC3)c(=O)c3ccccc23)c1. The molecule has 1 aliphatic rings. The summed E-state index contributed by atoms with van der Waals surface area (Å²) >= 11 is 0. The fourth-order valence-corrected chi connectivity index (χ4v) is 4.85. The van der Waals surface area contributed by atoms with Gasteiger partial charge in [0.05, 0.1) is 11.1 Å². The first-order valence-electron chi connectivity index (χ1n) is 12.1. The van der Waals surface area contributed by atoms with Crippen molar-refractivity contribution < 1.29 is 4.79 Å². The molecule has 1 saturated heterocycles. The van der Waals surface area contributed by atoms with E-state index in [9.17, 15) is 9.59 Å². The third-order valence-electron chi connectivity index (χ3n) is 6.91. The number of piperazine rings is 1. The Morgan fingerprint density at radius 3 is 2.23 bits per heavy atom. The predicted molar refractivity (Wildman–Crippen MR) is 141 cm³/mol. The van der Waals surface area contributed by atoms with Crippen LogP contribution in [0.4, 0.5) is 5.69 Å². The third-order valence-corrected chi connectivity index (χ3v) is 6.91. The van der Waals surface area contributed by atoms with Gasteiger partial charge in [0.15, 0.2) is 0 Å². The quantitative estimate of drug-likeness (QED) is 0.441. The molecule has 6 heteroatoms. The lowest BCUT2D eigenvalue weighted by atomic mass is 9.99. The summed E-state index contributed by atoms with van der Waals surface area (Å²) in [4.78, 5) is 31.1. The maximum Gasteiger partial charge on any atom is 0.275 e. The van der Waals surface area contributed by atoms with Gasteiger partial charge in [-0.15, -0.1) is 0 Å². The highest BCUT2D eigenvalue weighted by Gasteiger charge is 2.28. The summed E-state index contributed by atoms with van der Waals surface area (Å²) in [7, 11) is 0. The third kappa shape index (κ3) is 4.32. The molecule has 2 heterocycles. The number of carbonyl (C=O) groups excluding carboxylic acids is 1. The molecule has 1 fully saturated rings. The fraction of sp³-hybridized carbons (Fsp3) is 0.276. The van der Waals surface area contributed by atoms with E-state index in [0.29, 0.717) is 18.5 Å². The summed E-state index contributed by atoms with van der Waals surface area (Å²) in [6, 6.07) is 23.3. The van der Waals surface area contributed by atoms with Gasteiger partial charge in [-0.1, -0.05) is 54.1 Å². The standard InChI is InChI=1S/C29H30N4O2/c1-20-13-14-21(2)26(19-20)27-24-11-7-8-12-25(24)29(35)33(30-27)22(3)28(34)32-17-15-31(16-18-32)23-9-5-4-6-10-23/h4-14,19,22H,15-18H2,1-3H3/t22-/m0/s1. The molecule has 0 spiro atoms. The number of nitrogens with zero attached hydrogens (tertiary/aromatic N) is 4. The summed E-state index contributed by atoms with van der Waals surface area (Å²) in [5, 5.41) is 6.18. The van der Waals surface area contributed by atoms with E-state index < -0.39 is 6.04 Å². The molecule has 4 aromatic rings. The van der Waals surface area contributed by atoms with Crippen LogP contribution in [0.25, 0.3) is 22.0 Å². The number of aryl methyl sites for hydroxylation is 2. The van der Waals surface area contributed by atoms with Crippen LogP contribution < -0.4 is 10.5 Å². The van der Waals surface area contributed by atoms with Crippen molar-refractivity contribution in [1.29, 1.82) is 0 Å². The summed E-state index contributed by atoms with van der Waals surface area (Å²) in [5.74, 6) is -0.0745. The Balaban J connectivity index is 1.48. The van der Waals surface area contributed by atoms with E-state index in [0.717, 1.165) is 40.9 Å². The van der Waals surface area contributed by atoms with E-state index in [1.54, 1.807) is 6.92 Å². The molecule has 0 aliphatic carbocycles. The second-order valence-corrected chi connectivity index (χ2v) is 9.29. The van der Waals surface area contributed by atoms with Crippen molar-refractivity contribution in [2.45, 2.75) is 26.8 Å². The fourth-order valence-electron chi connectivity index (χ4n) is 4.85. The summed E-state index contributed by atoms with van der Waals surface area (Å²) in [6.07, 6.45) is 0. The van der Waals surface area contributed by atoms with Crippen molar-refractivity contribution in [3.63, 3.8) is 0 Å². The Morgan fingerprint density at radius 2 is 1.51 bits per heavy atom. The first-order chi connectivity index (χ1) is 16.9. The molecule has 1 aromatic heterocycles. The molecule has 6 nitrogen and oxygen atoms in total. The lowest BCUT2D eigenvalue weighted by Gasteiger charge is -2.37. The van der Waals surface area contributed by atoms with Crippen LogP contribution in [0.1, 0.15) is 24.1 Å². The first-order valence-corrected chi connectivity index (χ1v) is 12.1. The van der Waals surface area contributed by atoms with Gasteiger partial charge in [-0.25, -0.2) is 4.68 Å². The molecule has 0 saturated carbocycles. The molecule has 1 aliphatic heterocycles. The molecular formula is C29H30N4O2. The summed E-state index contributed by atoms with van der Waals surface area (Å²) in [5.41, 5.74) is 4.83. The van der Waals surface area contributed by atoms with E-state index in [1.807, 2.05) is 61.2 Å². The molecule has 5 rings (SSSR count). The van der Waals surface area contributed by atoms with E-state index >= 15 is 0 Å². The lowest BCUT2D eigenvalue weighted by Crippen LogP contribution is -2.51. The van der Waals surface area contributed by atoms with Crippen LogP contribution in [0.2, 0.25) is 0 Å². The van der Waals surface area contributed by atoms with E-state index in [-0.39, 0.29) is 11.5 Å². The van der Waals surface area contributed by atoms with Crippen LogP contribution in [0.5, 0.6) is 0 Å². The Bertz CT molecular complexity index is 1440. The molecule has 0 N–H and O–H groups in total. The monoisotopic (exact) mass is 466 g/mol. The minimum absolute atomic E-state index is 0.0745. The second kappa shape index (κ2) is 9.37. The number of rotatable bonds is 4. The number of benzene rings is 3. The molecule has 0 bridgehead atoms. The number of amides is 1. The lowest BCUT2D eigenvalue weighted by molar-refractivity contribution is -0.135.